The van der Waals surface area contributed by atoms with E-state index in [-0.39, 0.29) is 10.8 Å². The van der Waals surface area contributed by atoms with Gasteiger partial charge in [0.15, 0.2) is 0 Å². The highest BCUT2D eigenvalue weighted by molar-refractivity contribution is 6.49. The van der Waals surface area contributed by atoms with Crippen LogP contribution in [0.15, 0.2) is 25.3 Å². The van der Waals surface area contributed by atoms with E-state index in [9.17, 15) is 0 Å². The largest absolute Gasteiger partial charge is 0.642 e. The second-order valence-electron chi connectivity index (χ2n) is 7.86. The van der Waals surface area contributed by atoms with Crippen LogP contribution in [-0.2, 0) is 10.8 Å². The maximum Gasteiger partial charge on any atom is 0.540 e. The molecular formula is C19H33AlO. The fourth-order valence-electron chi connectivity index (χ4n) is 2.25. The summed E-state index contributed by atoms with van der Waals surface area (Å²) in [5.41, 5.74) is 4.25. The van der Waals surface area contributed by atoms with Crippen molar-refractivity contribution >= 4 is 14.5 Å². The zero-order valence-corrected chi connectivity index (χ0v) is 16.7. The molecule has 118 valence electrons. The predicted octanol–water partition coefficient (Wildman–Crippen LogP) is 6.02. The molecule has 2 heteroatoms. The summed E-state index contributed by atoms with van der Waals surface area (Å²) < 4.78 is 6.32. The number of hydrogen-bond acceptors (Lipinski definition) is 1. The highest BCUT2D eigenvalue weighted by atomic mass is 27.2. The van der Waals surface area contributed by atoms with Gasteiger partial charge in [-0.2, -0.15) is 0 Å². The predicted molar refractivity (Wildman–Crippen MR) is 97.9 cm³/mol. The van der Waals surface area contributed by atoms with Gasteiger partial charge in [0.1, 0.15) is 0 Å². The first kappa shape index (κ1) is 20.3. The van der Waals surface area contributed by atoms with Crippen LogP contribution < -0.4 is 3.79 Å². The quantitative estimate of drug-likeness (QED) is 0.479. The molecule has 1 rings (SSSR count). The third kappa shape index (κ3) is 5.89. The number of hydrogen-bond donors (Lipinski definition) is 0. The second-order valence-corrected chi connectivity index (χ2v) is 10.2. The van der Waals surface area contributed by atoms with Crippen LogP contribution in [0.3, 0.4) is 0 Å². The lowest BCUT2D eigenvalue weighted by Crippen LogP contribution is -2.23. The van der Waals surface area contributed by atoms with Gasteiger partial charge in [-0.25, -0.2) is 0 Å². The van der Waals surface area contributed by atoms with Crippen LogP contribution in [-0.4, -0.2) is 14.5 Å². The van der Waals surface area contributed by atoms with Crippen LogP contribution in [0.1, 0.15) is 58.2 Å². The Labute approximate surface area is 137 Å². The zero-order chi connectivity index (χ0) is 17.0. The Morgan fingerprint density at radius 2 is 1.19 bits per heavy atom. The van der Waals surface area contributed by atoms with E-state index in [1.54, 1.807) is 0 Å². The lowest BCUT2D eigenvalue weighted by molar-refractivity contribution is 0.487. The minimum Gasteiger partial charge on any atom is -0.642 e. The molecule has 0 amide bonds. The molecule has 0 bridgehead atoms. The summed E-state index contributed by atoms with van der Waals surface area (Å²) in [5.74, 6) is 5.62. The molecule has 0 aliphatic heterocycles. The summed E-state index contributed by atoms with van der Waals surface area (Å²) in [6, 6.07) is 4.59. The van der Waals surface area contributed by atoms with Gasteiger partial charge in [0.05, 0.1) is 5.75 Å². The molecule has 1 aromatic rings. The Hall–Kier alpha value is -0.708. The van der Waals surface area contributed by atoms with E-state index in [1.807, 2.05) is 0 Å². The lowest BCUT2D eigenvalue weighted by atomic mass is 9.78. The van der Waals surface area contributed by atoms with E-state index in [0.717, 1.165) is 5.75 Å². The van der Waals surface area contributed by atoms with Gasteiger partial charge in [0.25, 0.3) is 0 Å². The van der Waals surface area contributed by atoms with Gasteiger partial charge in [-0.15, -0.1) is 13.2 Å². The molecule has 0 aromatic heterocycles. The number of rotatable bonds is 2. The molecule has 0 N–H and O–H groups in total. The summed E-state index contributed by atoms with van der Waals surface area (Å²) in [7, 11) is 0. The molecule has 21 heavy (non-hydrogen) atoms. The first-order chi connectivity index (χ1) is 9.43. The molecule has 0 spiro atoms. The van der Waals surface area contributed by atoms with Gasteiger partial charge >= 0.3 is 14.5 Å². The topological polar surface area (TPSA) is 9.23 Å². The van der Waals surface area contributed by atoms with Crippen molar-refractivity contribution < 1.29 is 3.79 Å². The van der Waals surface area contributed by atoms with E-state index in [1.165, 1.54) is 16.7 Å². The molecule has 0 aliphatic rings. The van der Waals surface area contributed by atoms with Crippen molar-refractivity contribution in [3.8, 4) is 5.75 Å². The van der Waals surface area contributed by atoms with Gasteiger partial charge < -0.3 is 3.79 Å². The Kier molecular flexibility index (Phi) is 7.27. The Bertz CT molecular complexity index is 426. The smallest absolute Gasteiger partial charge is 0.540 e. The SMILES string of the molecule is C=C.Cc1cc(C(C)(C)C)c([O][Al]([CH3])[CH3])c(C(C)(C)C)c1. The number of aryl methyl sites for hydroxylation is 1. The van der Waals surface area contributed by atoms with Crippen molar-refractivity contribution in [2.75, 3.05) is 0 Å². The molecule has 0 unspecified atom stereocenters. The molecule has 0 radical (unpaired) electrons. The van der Waals surface area contributed by atoms with Crippen molar-refractivity contribution in [1.82, 2.24) is 0 Å². The van der Waals surface area contributed by atoms with Crippen LogP contribution in [0.2, 0.25) is 11.6 Å². The first-order valence-electron chi connectivity index (χ1n) is 7.75. The Balaban J connectivity index is 0.00000191. The number of benzene rings is 1. The van der Waals surface area contributed by atoms with E-state index < -0.39 is 14.5 Å². The summed E-state index contributed by atoms with van der Waals surface area (Å²) in [5, 5.41) is 0. The van der Waals surface area contributed by atoms with Gasteiger partial charge in [-0.1, -0.05) is 70.8 Å². The lowest BCUT2D eigenvalue weighted by Gasteiger charge is -2.32. The summed E-state index contributed by atoms with van der Waals surface area (Å²) in [6.07, 6.45) is 0. The monoisotopic (exact) mass is 304 g/mol. The van der Waals surface area contributed by atoms with Crippen LogP contribution in [0.5, 0.6) is 5.75 Å². The van der Waals surface area contributed by atoms with Gasteiger partial charge in [0.2, 0.25) is 0 Å². The van der Waals surface area contributed by atoms with Crippen LogP contribution in [0.4, 0.5) is 0 Å². The maximum atomic E-state index is 6.32. The maximum absolute atomic E-state index is 6.32. The molecular weight excluding hydrogens is 271 g/mol. The summed E-state index contributed by atoms with van der Waals surface area (Å²) in [4.78, 5) is 0. The fourth-order valence-corrected chi connectivity index (χ4v) is 2.98. The molecule has 0 aliphatic carbocycles. The van der Waals surface area contributed by atoms with E-state index >= 15 is 0 Å². The molecule has 0 atom stereocenters. The molecule has 0 saturated heterocycles. The van der Waals surface area contributed by atoms with Crippen molar-refractivity contribution in [3.63, 3.8) is 0 Å². The van der Waals surface area contributed by atoms with Crippen LogP contribution >= 0.6 is 0 Å². The average Bonchev–Trinajstić information content (AvgIpc) is 2.30. The van der Waals surface area contributed by atoms with Gasteiger partial charge in [0, 0.05) is 0 Å². The molecule has 1 nitrogen and oxygen atoms in total. The highest BCUT2D eigenvalue weighted by Gasteiger charge is 2.28. The minimum absolute atomic E-state index is 0.116. The zero-order valence-electron chi connectivity index (χ0n) is 15.6. The molecule has 0 saturated carbocycles. The van der Waals surface area contributed by atoms with E-state index in [0.29, 0.717) is 0 Å². The van der Waals surface area contributed by atoms with Crippen LogP contribution in [0.25, 0.3) is 0 Å². The van der Waals surface area contributed by atoms with Gasteiger partial charge in [-0.3, -0.25) is 0 Å². The normalized spacial score (nSPS) is 11.5. The Morgan fingerprint density at radius 1 is 0.857 bits per heavy atom. The van der Waals surface area contributed by atoms with Gasteiger partial charge in [-0.05, 0) is 28.9 Å². The van der Waals surface area contributed by atoms with Crippen molar-refractivity contribution in [2.45, 2.75) is 70.9 Å². The molecule has 0 heterocycles. The van der Waals surface area contributed by atoms with Crippen LogP contribution in [0, 0.1) is 6.92 Å². The highest BCUT2D eigenvalue weighted by Crippen LogP contribution is 2.40. The van der Waals surface area contributed by atoms with Crippen molar-refractivity contribution in [3.05, 3.63) is 42.0 Å². The first-order valence-corrected chi connectivity index (χ1v) is 10.5. The summed E-state index contributed by atoms with van der Waals surface area (Å²) >= 11 is -1.11. The fraction of sp³-hybridized carbons (Fsp3) is 0.579. The van der Waals surface area contributed by atoms with E-state index in [4.69, 9.17) is 3.79 Å². The van der Waals surface area contributed by atoms with E-state index in [2.05, 4.69) is 85.3 Å². The average molecular weight is 304 g/mol. The molecule has 1 aromatic carbocycles. The third-order valence-electron chi connectivity index (χ3n) is 3.20. The standard InChI is InChI=1S/C15H24O.C2H4.2CH3.Al/c1-10-8-11(14(2,3)4)13(16)12(9-10)15(5,6)7;1-2;;;/h8-9,16H,1-7H3;1-2H2;2*1H3;/q;;;;+1/p-1. The van der Waals surface area contributed by atoms with Crippen molar-refractivity contribution in [2.24, 2.45) is 0 Å². The molecule has 0 fully saturated rings. The second kappa shape index (κ2) is 7.52. The summed E-state index contributed by atoms with van der Waals surface area (Å²) in [6.45, 7) is 21.8. The van der Waals surface area contributed by atoms with Crippen molar-refractivity contribution in [1.29, 1.82) is 0 Å². The minimum atomic E-state index is -1.11. The third-order valence-corrected chi connectivity index (χ3v) is 3.91. The Morgan fingerprint density at radius 3 is 1.43 bits per heavy atom.